The molecule has 3 heterocycles. The molecule has 1 N–H and O–H groups in total. The first kappa shape index (κ1) is 12.4. The number of rotatable bonds is 3. The van der Waals surface area contributed by atoms with E-state index in [1.807, 2.05) is 17.4 Å². The second-order valence-corrected chi connectivity index (χ2v) is 5.62. The van der Waals surface area contributed by atoms with E-state index in [-0.39, 0.29) is 5.88 Å². The normalized spacial score (nSPS) is 16.7. The summed E-state index contributed by atoms with van der Waals surface area (Å²) in [5.74, 6) is 0.814. The van der Waals surface area contributed by atoms with E-state index in [0.29, 0.717) is 0 Å². The van der Waals surface area contributed by atoms with Crippen LogP contribution in [-0.2, 0) is 6.54 Å². The minimum Gasteiger partial charge on any atom is -0.492 e. The van der Waals surface area contributed by atoms with Crippen LogP contribution in [0.15, 0.2) is 29.6 Å². The number of hydrogen-bond donors (Lipinski definition) is 1. The summed E-state index contributed by atoms with van der Waals surface area (Å²) in [6.45, 7) is 4.99. The lowest BCUT2D eigenvalue weighted by Crippen LogP contribution is -2.46. The number of aromatic hydroxyl groups is 1. The van der Waals surface area contributed by atoms with E-state index in [2.05, 4.69) is 37.5 Å². The Morgan fingerprint density at radius 3 is 2.58 bits per heavy atom. The number of anilines is 1. The van der Waals surface area contributed by atoms with Gasteiger partial charge < -0.3 is 10.0 Å². The molecule has 19 heavy (non-hydrogen) atoms. The van der Waals surface area contributed by atoms with Crippen LogP contribution in [0.2, 0.25) is 0 Å². The number of nitrogens with zero attached hydrogens (tertiary/aromatic N) is 4. The van der Waals surface area contributed by atoms with E-state index in [1.165, 1.54) is 4.88 Å². The van der Waals surface area contributed by atoms with Crippen LogP contribution in [0, 0.1) is 0 Å². The summed E-state index contributed by atoms with van der Waals surface area (Å²) in [6.07, 6.45) is 0. The second-order valence-electron chi connectivity index (χ2n) is 4.59. The molecule has 1 fully saturated rings. The van der Waals surface area contributed by atoms with Gasteiger partial charge in [0.2, 0.25) is 5.88 Å². The van der Waals surface area contributed by atoms with Gasteiger partial charge in [-0.25, -0.2) is 0 Å². The van der Waals surface area contributed by atoms with E-state index < -0.39 is 0 Å². The molecule has 1 saturated heterocycles. The molecule has 2 aromatic rings. The Morgan fingerprint density at radius 1 is 1.11 bits per heavy atom. The first-order valence-electron chi connectivity index (χ1n) is 6.33. The lowest BCUT2D eigenvalue weighted by molar-refractivity contribution is 0.251. The van der Waals surface area contributed by atoms with Crippen molar-refractivity contribution in [3.05, 3.63) is 34.5 Å². The third-order valence-electron chi connectivity index (χ3n) is 3.29. The van der Waals surface area contributed by atoms with Crippen LogP contribution >= 0.6 is 11.3 Å². The zero-order valence-electron chi connectivity index (χ0n) is 10.6. The fourth-order valence-electron chi connectivity index (χ4n) is 2.24. The molecule has 1 aliphatic heterocycles. The first-order chi connectivity index (χ1) is 9.31. The minimum absolute atomic E-state index is 0.0277. The predicted molar refractivity (Wildman–Crippen MR) is 75.5 cm³/mol. The van der Waals surface area contributed by atoms with Crippen molar-refractivity contribution in [1.29, 1.82) is 0 Å². The van der Waals surface area contributed by atoms with Crippen LogP contribution in [0.5, 0.6) is 5.88 Å². The van der Waals surface area contributed by atoms with Gasteiger partial charge in [-0.3, -0.25) is 4.90 Å². The first-order valence-corrected chi connectivity index (χ1v) is 7.21. The molecule has 1 aliphatic rings. The maximum Gasteiger partial charge on any atom is 0.231 e. The topological polar surface area (TPSA) is 52.5 Å². The SMILES string of the molecule is Oc1ccc(N2CCN(Cc3cccs3)CC2)nn1. The minimum atomic E-state index is -0.0277. The Bertz CT molecular complexity index is 506. The molecular weight excluding hydrogens is 260 g/mol. The molecule has 0 atom stereocenters. The van der Waals surface area contributed by atoms with Crippen molar-refractivity contribution in [1.82, 2.24) is 15.1 Å². The van der Waals surface area contributed by atoms with Crippen LogP contribution in [0.1, 0.15) is 4.88 Å². The third kappa shape index (κ3) is 3.02. The number of thiophene rings is 1. The van der Waals surface area contributed by atoms with Crippen molar-refractivity contribution in [3.8, 4) is 5.88 Å². The average Bonchev–Trinajstić information content (AvgIpc) is 2.94. The maximum absolute atomic E-state index is 9.14. The largest absolute Gasteiger partial charge is 0.492 e. The smallest absolute Gasteiger partial charge is 0.231 e. The molecule has 0 spiro atoms. The molecule has 0 aromatic carbocycles. The highest BCUT2D eigenvalue weighted by molar-refractivity contribution is 7.09. The zero-order chi connectivity index (χ0) is 13.1. The Morgan fingerprint density at radius 2 is 1.95 bits per heavy atom. The van der Waals surface area contributed by atoms with Crippen LogP contribution in [0.3, 0.4) is 0 Å². The summed E-state index contributed by atoms with van der Waals surface area (Å²) in [7, 11) is 0. The summed E-state index contributed by atoms with van der Waals surface area (Å²) >= 11 is 1.81. The second kappa shape index (κ2) is 5.54. The molecular formula is C13H16N4OS. The fraction of sp³-hybridized carbons (Fsp3) is 0.385. The van der Waals surface area contributed by atoms with Crippen molar-refractivity contribution in [3.63, 3.8) is 0 Å². The summed E-state index contributed by atoms with van der Waals surface area (Å²) in [6, 6.07) is 7.68. The average molecular weight is 276 g/mol. The summed E-state index contributed by atoms with van der Waals surface area (Å²) in [5, 5.41) is 19.0. The van der Waals surface area contributed by atoms with Gasteiger partial charge in [0.05, 0.1) is 0 Å². The van der Waals surface area contributed by atoms with Gasteiger partial charge in [0, 0.05) is 43.7 Å². The molecule has 0 unspecified atom stereocenters. The molecule has 0 amide bonds. The molecule has 0 saturated carbocycles. The standard InChI is InChI=1S/C13H16N4OS/c18-13-4-3-12(14-15-13)17-7-5-16(6-8-17)10-11-2-1-9-19-11/h1-4,9H,5-8,10H2,(H,15,18). The molecule has 100 valence electrons. The molecule has 0 radical (unpaired) electrons. The monoisotopic (exact) mass is 276 g/mol. The van der Waals surface area contributed by atoms with Gasteiger partial charge in [0.15, 0.2) is 5.82 Å². The molecule has 0 bridgehead atoms. The van der Waals surface area contributed by atoms with Crippen molar-refractivity contribution >= 4 is 17.2 Å². The van der Waals surface area contributed by atoms with Gasteiger partial charge in [-0.2, -0.15) is 0 Å². The van der Waals surface area contributed by atoms with Gasteiger partial charge >= 0.3 is 0 Å². The highest BCUT2D eigenvalue weighted by Crippen LogP contribution is 2.17. The van der Waals surface area contributed by atoms with Crippen LogP contribution in [-0.4, -0.2) is 46.4 Å². The van der Waals surface area contributed by atoms with Crippen LogP contribution in [0.4, 0.5) is 5.82 Å². The number of hydrogen-bond acceptors (Lipinski definition) is 6. The van der Waals surface area contributed by atoms with Crippen molar-refractivity contribution in [2.24, 2.45) is 0 Å². The summed E-state index contributed by atoms with van der Waals surface area (Å²) in [4.78, 5) is 6.07. The van der Waals surface area contributed by atoms with Crippen LogP contribution in [0.25, 0.3) is 0 Å². The molecule has 2 aromatic heterocycles. The van der Waals surface area contributed by atoms with Crippen LogP contribution < -0.4 is 4.90 Å². The highest BCUT2D eigenvalue weighted by atomic mass is 32.1. The summed E-state index contributed by atoms with van der Waals surface area (Å²) < 4.78 is 0. The fourth-order valence-corrected chi connectivity index (χ4v) is 2.99. The van der Waals surface area contributed by atoms with Gasteiger partial charge in [0.25, 0.3) is 0 Å². The summed E-state index contributed by atoms with van der Waals surface area (Å²) in [5.41, 5.74) is 0. The molecule has 0 aliphatic carbocycles. The maximum atomic E-state index is 9.14. The Balaban J connectivity index is 1.56. The van der Waals surface area contributed by atoms with Gasteiger partial charge in [-0.1, -0.05) is 6.07 Å². The van der Waals surface area contributed by atoms with E-state index in [0.717, 1.165) is 38.5 Å². The van der Waals surface area contributed by atoms with Gasteiger partial charge in [-0.05, 0) is 17.5 Å². The lowest BCUT2D eigenvalue weighted by atomic mass is 10.3. The number of aromatic nitrogens is 2. The zero-order valence-corrected chi connectivity index (χ0v) is 11.4. The number of piperazine rings is 1. The Hall–Kier alpha value is -1.66. The highest BCUT2D eigenvalue weighted by Gasteiger charge is 2.18. The Labute approximate surface area is 116 Å². The Kier molecular flexibility index (Phi) is 3.61. The molecule has 6 heteroatoms. The van der Waals surface area contributed by atoms with E-state index >= 15 is 0 Å². The van der Waals surface area contributed by atoms with Crippen molar-refractivity contribution in [2.45, 2.75) is 6.54 Å². The molecule has 3 rings (SSSR count). The van der Waals surface area contributed by atoms with Crippen molar-refractivity contribution in [2.75, 3.05) is 31.1 Å². The van der Waals surface area contributed by atoms with E-state index in [4.69, 9.17) is 5.11 Å². The lowest BCUT2D eigenvalue weighted by Gasteiger charge is -2.34. The predicted octanol–water partition coefficient (Wildman–Crippen LogP) is 1.57. The third-order valence-corrected chi connectivity index (χ3v) is 4.15. The van der Waals surface area contributed by atoms with Gasteiger partial charge in [-0.15, -0.1) is 21.5 Å². The van der Waals surface area contributed by atoms with Crippen molar-refractivity contribution < 1.29 is 5.11 Å². The van der Waals surface area contributed by atoms with E-state index in [1.54, 1.807) is 6.07 Å². The molecule has 5 nitrogen and oxygen atoms in total. The van der Waals surface area contributed by atoms with E-state index in [9.17, 15) is 0 Å². The van der Waals surface area contributed by atoms with Gasteiger partial charge in [0.1, 0.15) is 0 Å². The quantitative estimate of drug-likeness (QED) is 0.922.